The zero-order valence-electron chi connectivity index (χ0n) is 11.0. The summed E-state index contributed by atoms with van der Waals surface area (Å²) in [5.74, 6) is 0.423. The van der Waals surface area contributed by atoms with Crippen molar-refractivity contribution in [1.29, 1.82) is 0 Å². The normalized spacial score (nSPS) is 12.0. The van der Waals surface area contributed by atoms with Crippen LogP contribution >= 0.6 is 0 Å². The van der Waals surface area contributed by atoms with Gasteiger partial charge in [0.15, 0.2) is 5.82 Å². The van der Waals surface area contributed by atoms with Gasteiger partial charge in [0.05, 0.1) is 12.1 Å². The number of alkyl halides is 3. The molecule has 0 radical (unpaired) electrons. The van der Waals surface area contributed by atoms with Crippen LogP contribution < -0.4 is 0 Å². The number of benzene rings is 1. The average molecular weight is 296 g/mol. The predicted molar refractivity (Wildman–Crippen MR) is 68.2 cm³/mol. The summed E-state index contributed by atoms with van der Waals surface area (Å²) in [6, 6.07) is 3.29. The number of allylic oxidation sites excluding steroid dienone is 1. The number of nitrogens with zero attached hydrogens (tertiary/aromatic N) is 4. The highest BCUT2D eigenvalue weighted by Gasteiger charge is 2.30. The lowest BCUT2D eigenvalue weighted by molar-refractivity contribution is -0.137. The van der Waals surface area contributed by atoms with Crippen molar-refractivity contribution in [2.75, 3.05) is 0 Å². The average Bonchev–Trinajstić information content (AvgIpc) is 2.81. The van der Waals surface area contributed by atoms with Gasteiger partial charge in [0, 0.05) is 0 Å². The molecule has 0 unspecified atom stereocenters. The quantitative estimate of drug-likeness (QED) is 0.641. The smallest absolute Gasteiger partial charge is 0.299 e. The monoisotopic (exact) mass is 296 g/mol. The van der Waals surface area contributed by atoms with E-state index in [0.29, 0.717) is 23.2 Å². The van der Waals surface area contributed by atoms with Gasteiger partial charge in [-0.25, -0.2) is 0 Å². The van der Waals surface area contributed by atoms with E-state index in [-0.39, 0.29) is 6.54 Å². The lowest BCUT2D eigenvalue weighted by Crippen LogP contribution is -2.10. The number of rotatable bonds is 4. The van der Waals surface area contributed by atoms with Gasteiger partial charge in [-0.2, -0.15) is 18.0 Å². The van der Waals surface area contributed by atoms with E-state index in [1.54, 1.807) is 6.92 Å². The minimum atomic E-state index is -4.44. The fourth-order valence-electron chi connectivity index (χ4n) is 1.77. The molecule has 0 N–H and O–H groups in total. The summed E-state index contributed by atoms with van der Waals surface area (Å²) in [5, 5.41) is 11.3. The molecule has 8 heteroatoms. The lowest BCUT2D eigenvalue weighted by atomic mass is 10.0. The van der Waals surface area contributed by atoms with Crippen molar-refractivity contribution in [3.8, 4) is 0 Å². The first-order valence-corrected chi connectivity index (χ1v) is 5.96. The molecule has 0 bridgehead atoms. The van der Waals surface area contributed by atoms with Gasteiger partial charge in [-0.05, 0) is 41.5 Å². The Labute approximate surface area is 118 Å². The third-order valence-electron chi connectivity index (χ3n) is 2.69. The topological polar surface area (TPSA) is 60.7 Å². The van der Waals surface area contributed by atoms with E-state index in [1.807, 2.05) is 0 Å². The molecule has 1 aromatic heterocycles. The molecule has 110 valence electrons. The van der Waals surface area contributed by atoms with Crippen LogP contribution in [0.25, 0.3) is 6.08 Å². The Morgan fingerprint density at radius 1 is 1.33 bits per heavy atom. The molecule has 5 nitrogen and oxygen atoms in total. The summed E-state index contributed by atoms with van der Waals surface area (Å²) in [5.41, 5.74) is 0.0722. The summed E-state index contributed by atoms with van der Waals surface area (Å²) in [6.07, 6.45) is -1.23. The largest absolute Gasteiger partial charge is 0.416 e. The molecule has 0 aliphatic rings. The van der Waals surface area contributed by atoms with Gasteiger partial charge in [-0.3, -0.25) is 4.79 Å². The first kappa shape index (κ1) is 14.9. The van der Waals surface area contributed by atoms with Crippen LogP contribution in [-0.2, 0) is 17.5 Å². The Morgan fingerprint density at radius 3 is 2.67 bits per heavy atom. The fourth-order valence-corrected chi connectivity index (χ4v) is 1.77. The molecular formula is C13H11F3N4O. The Hall–Kier alpha value is -2.51. The number of aromatic nitrogens is 4. The van der Waals surface area contributed by atoms with Crippen LogP contribution in [0.15, 0.2) is 24.3 Å². The second kappa shape index (κ2) is 5.86. The molecule has 21 heavy (non-hydrogen) atoms. The maximum atomic E-state index is 12.8. The molecular weight excluding hydrogens is 285 g/mol. The Morgan fingerprint density at radius 2 is 2.10 bits per heavy atom. The van der Waals surface area contributed by atoms with Crippen LogP contribution in [0.5, 0.6) is 0 Å². The maximum absolute atomic E-state index is 12.8. The van der Waals surface area contributed by atoms with Crippen LogP contribution in [-0.4, -0.2) is 26.5 Å². The van der Waals surface area contributed by atoms with E-state index in [1.165, 1.54) is 23.0 Å². The van der Waals surface area contributed by atoms with Crippen molar-refractivity contribution in [2.45, 2.75) is 19.6 Å². The molecule has 0 saturated carbocycles. The zero-order valence-corrected chi connectivity index (χ0v) is 11.0. The molecule has 0 aliphatic heterocycles. The zero-order chi connectivity index (χ0) is 15.5. The highest BCUT2D eigenvalue weighted by atomic mass is 19.4. The standard InChI is InChI=1S/C13H11F3N4O/c1-9-17-19-20(18-9)8-11-7-12(13(14,15)16)5-4-10(11)3-2-6-21/h2-7H,8H2,1H3. The Balaban J connectivity index is 2.42. The van der Waals surface area contributed by atoms with Crippen molar-refractivity contribution >= 4 is 12.4 Å². The molecule has 2 rings (SSSR count). The molecule has 2 aromatic rings. The van der Waals surface area contributed by atoms with Gasteiger partial charge in [0.2, 0.25) is 0 Å². The lowest BCUT2D eigenvalue weighted by Gasteiger charge is -2.11. The highest BCUT2D eigenvalue weighted by molar-refractivity contribution is 5.74. The SMILES string of the molecule is Cc1nnn(Cc2cc(C(F)(F)F)ccc2C=CC=O)n1. The minimum absolute atomic E-state index is 0.0310. The molecule has 0 saturated heterocycles. The summed E-state index contributed by atoms with van der Waals surface area (Å²) in [4.78, 5) is 11.6. The van der Waals surface area contributed by atoms with Crippen LogP contribution in [0, 0.1) is 6.92 Å². The first-order valence-electron chi connectivity index (χ1n) is 5.96. The van der Waals surface area contributed by atoms with Crippen LogP contribution in [0.3, 0.4) is 0 Å². The second-order valence-corrected chi connectivity index (χ2v) is 4.27. The van der Waals surface area contributed by atoms with Gasteiger partial charge < -0.3 is 0 Å². The molecule has 1 aromatic carbocycles. The first-order chi connectivity index (χ1) is 9.90. The Bertz CT molecular complexity index is 676. The number of hydrogen-bond acceptors (Lipinski definition) is 4. The van der Waals surface area contributed by atoms with Gasteiger partial charge in [-0.15, -0.1) is 10.2 Å². The molecule has 0 aliphatic carbocycles. The molecule has 0 atom stereocenters. The van der Waals surface area contributed by atoms with Crippen molar-refractivity contribution in [1.82, 2.24) is 20.2 Å². The minimum Gasteiger partial charge on any atom is -0.299 e. The van der Waals surface area contributed by atoms with Crippen molar-refractivity contribution in [3.63, 3.8) is 0 Å². The van der Waals surface area contributed by atoms with E-state index >= 15 is 0 Å². The molecule has 0 fully saturated rings. The number of halogens is 3. The highest BCUT2D eigenvalue weighted by Crippen LogP contribution is 2.31. The number of hydrogen-bond donors (Lipinski definition) is 0. The van der Waals surface area contributed by atoms with E-state index in [0.717, 1.165) is 12.1 Å². The maximum Gasteiger partial charge on any atom is 0.416 e. The number of carbonyl (C=O) groups excluding carboxylic acids is 1. The van der Waals surface area contributed by atoms with Gasteiger partial charge >= 0.3 is 6.18 Å². The van der Waals surface area contributed by atoms with E-state index < -0.39 is 11.7 Å². The number of tetrazole rings is 1. The number of aldehydes is 1. The summed E-state index contributed by atoms with van der Waals surface area (Å²) >= 11 is 0. The number of aryl methyl sites for hydroxylation is 1. The van der Waals surface area contributed by atoms with Crippen molar-refractivity contribution in [3.05, 3.63) is 46.8 Å². The summed E-state index contributed by atoms with van der Waals surface area (Å²) < 4.78 is 38.3. The van der Waals surface area contributed by atoms with E-state index in [9.17, 15) is 18.0 Å². The van der Waals surface area contributed by atoms with Gasteiger partial charge in [0.25, 0.3) is 0 Å². The molecule has 0 amide bonds. The van der Waals surface area contributed by atoms with Gasteiger partial charge in [-0.1, -0.05) is 12.1 Å². The van der Waals surface area contributed by atoms with E-state index in [4.69, 9.17) is 0 Å². The Kier molecular flexibility index (Phi) is 4.15. The molecule has 0 spiro atoms. The summed E-state index contributed by atoms with van der Waals surface area (Å²) in [7, 11) is 0. The second-order valence-electron chi connectivity index (χ2n) is 4.27. The summed E-state index contributed by atoms with van der Waals surface area (Å²) in [6.45, 7) is 1.66. The van der Waals surface area contributed by atoms with E-state index in [2.05, 4.69) is 15.4 Å². The predicted octanol–water partition coefficient (Wildman–Crippen LogP) is 2.26. The third-order valence-corrected chi connectivity index (χ3v) is 2.69. The van der Waals surface area contributed by atoms with Crippen molar-refractivity contribution in [2.24, 2.45) is 0 Å². The third kappa shape index (κ3) is 3.74. The fraction of sp³-hybridized carbons (Fsp3) is 0.231. The van der Waals surface area contributed by atoms with Crippen LogP contribution in [0.1, 0.15) is 22.5 Å². The molecule has 1 heterocycles. The van der Waals surface area contributed by atoms with Crippen molar-refractivity contribution < 1.29 is 18.0 Å². The number of carbonyl (C=O) groups is 1. The van der Waals surface area contributed by atoms with Gasteiger partial charge in [0.1, 0.15) is 6.29 Å². The van der Waals surface area contributed by atoms with Crippen LogP contribution in [0.4, 0.5) is 13.2 Å². The van der Waals surface area contributed by atoms with Crippen LogP contribution in [0.2, 0.25) is 0 Å².